The first-order valence-electron chi connectivity index (χ1n) is 7.54. The van der Waals surface area contributed by atoms with E-state index in [-0.39, 0.29) is 17.0 Å². The summed E-state index contributed by atoms with van der Waals surface area (Å²) in [6.45, 7) is 1.48. The summed E-state index contributed by atoms with van der Waals surface area (Å²) in [5.74, 6) is -0.812. The van der Waals surface area contributed by atoms with E-state index in [1.54, 1.807) is 12.1 Å². The Labute approximate surface area is 147 Å². The number of nitrogens with one attached hydrogen (secondary N) is 1. The molecule has 0 aromatic heterocycles. The smallest absolute Gasteiger partial charge is 0.416 e. The molecule has 2 rings (SSSR count). The highest BCUT2D eigenvalue weighted by Crippen LogP contribution is 2.29. The third kappa shape index (κ3) is 4.98. The van der Waals surface area contributed by atoms with E-state index in [4.69, 9.17) is 4.74 Å². The van der Waals surface area contributed by atoms with Crippen molar-refractivity contribution in [2.45, 2.75) is 19.2 Å². The predicted octanol–water partition coefficient (Wildman–Crippen LogP) is 3.90. The minimum atomic E-state index is -4.44. The maximum atomic E-state index is 12.5. The Hall–Kier alpha value is -3.03. The number of hydrogen-bond donors (Lipinski definition) is 1. The summed E-state index contributed by atoms with van der Waals surface area (Å²) in [7, 11) is 1.25. The van der Waals surface area contributed by atoms with Gasteiger partial charge in [0, 0.05) is 5.69 Å². The van der Waals surface area contributed by atoms with Gasteiger partial charge < -0.3 is 14.8 Å². The van der Waals surface area contributed by atoms with Gasteiger partial charge in [-0.1, -0.05) is 6.07 Å². The average Bonchev–Trinajstić information content (AvgIpc) is 2.60. The maximum absolute atomic E-state index is 12.5. The van der Waals surface area contributed by atoms with Crippen LogP contribution in [0.5, 0.6) is 5.75 Å². The van der Waals surface area contributed by atoms with Gasteiger partial charge in [0.25, 0.3) is 5.91 Å². The Morgan fingerprint density at radius 2 is 1.73 bits per heavy atom. The van der Waals surface area contributed by atoms with Gasteiger partial charge in [0.2, 0.25) is 0 Å². The average molecular weight is 367 g/mol. The van der Waals surface area contributed by atoms with Crippen molar-refractivity contribution in [3.05, 3.63) is 59.7 Å². The van der Waals surface area contributed by atoms with Crippen molar-refractivity contribution in [2.75, 3.05) is 12.4 Å². The monoisotopic (exact) mass is 367 g/mol. The Kier molecular flexibility index (Phi) is 5.86. The molecule has 0 aliphatic rings. The van der Waals surface area contributed by atoms with E-state index in [9.17, 15) is 22.8 Å². The van der Waals surface area contributed by atoms with Crippen LogP contribution in [0, 0.1) is 0 Å². The highest BCUT2D eigenvalue weighted by molar-refractivity contribution is 5.94. The first-order chi connectivity index (χ1) is 12.2. The Balaban J connectivity index is 2.00. The van der Waals surface area contributed by atoms with Gasteiger partial charge in [0.05, 0.1) is 18.2 Å². The van der Waals surface area contributed by atoms with Crippen LogP contribution in [0.1, 0.15) is 22.8 Å². The first kappa shape index (κ1) is 19.3. The Morgan fingerprint density at radius 1 is 1.08 bits per heavy atom. The number of rotatable bonds is 5. The predicted molar refractivity (Wildman–Crippen MR) is 87.9 cm³/mol. The van der Waals surface area contributed by atoms with Crippen LogP contribution >= 0.6 is 0 Å². The fourth-order valence-electron chi connectivity index (χ4n) is 2.06. The second kappa shape index (κ2) is 7.90. The van der Waals surface area contributed by atoms with Crippen LogP contribution in [0.15, 0.2) is 48.5 Å². The lowest BCUT2D eigenvalue weighted by Gasteiger charge is -2.15. The number of halogens is 3. The van der Waals surface area contributed by atoms with E-state index in [2.05, 4.69) is 10.1 Å². The summed E-state index contributed by atoms with van der Waals surface area (Å²) in [5.41, 5.74) is -0.332. The Morgan fingerprint density at radius 3 is 2.31 bits per heavy atom. The molecule has 0 heterocycles. The number of benzene rings is 2. The molecule has 0 saturated carbocycles. The van der Waals surface area contributed by atoms with E-state index in [1.165, 1.54) is 26.2 Å². The number of alkyl halides is 3. The van der Waals surface area contributed by atoms with E-state index < -0.39 is 29.7 Å². The highest BCUT2D eigenvalue weighted by Gasteiger charge is 2.30. The van der Waals surface area contributed by atoms with Crippen LogP contribution in [0.2, 0.25) is 0 Å². The number of carbonyl (C=O) groups is 2. The van der Waals surface area contributed by atoms with Gasteiger partial charge >= 0.3 is 12.1 Å². The SMILES string of the molecule is COC(=O)c1cccc(O[C@@H](C)C(=O)Nc2ccc(C(F)(F)F)cc2)c1. The molecular weight excluding hydrogens is 351 g/mol. The Bertz CT molecular complexity index is 788. The van der Waals surface area contributed by atoms with Crippen molar-refractivity contribution >= 4 is 17.6 Å². The van der Waals surface area contributed by atoms with E-state index >= 15 is 0 Å². The number of carbonyl (C=O) groups excluding carboxylic acids is 2. The van der Waals surface area contributed by atoms with Crippen LogP contribution in [0.4, 0.5) is 18.9 Å². The molecule has 0 spiro atoms. The van der Waals surface area contributed by atoms with Gasteiger partial charge in [0.15, 0.2) is 6.10 Å². The molecule has 0 radical (unpaired) electrons. The fraction of sp³-hybridized carbons (Fsp3) is 0.222. The third-order valence-electron chi connectivity index (χ3n) is 3.42. The lowest BCUT2D eigenvalue weighted by molar-refractivity contribution is -0.137. The van der Waals surface area contributed by atoms with E-state index in [1.807, 2.05) is 0 Å². The lowest BCUT2D eigenvalue weighted by Crippen LogP contribution is -2.30. The van der Waals surface area contributed by atoms with Gasteiger partial charge in [0.1, 0.15) is 5.75 Å². The summed E-state index contributed by atoms with van der Waals surface area (Å²) in [6.07, 6.45) is -5.38. The van der Waals surface area contributed by atoms with E-state index in [0.29, 0.717) is 0 Å². The number of hydrogen-bond acceptors (Lipinski definition) is 4. The maximum Gasteiger partial charge on any atom is 0.416 e. The molecule has 2 aromatic carbocycles. The van der Waals surface area contributed by atoms with Gasteiger partial charge in [-0.25, -0.2) is 4.79 Å². The molecule has 2 aromatic rings. The molecule has 0 bridgehead atoms. The minimum absolute atomic E-state index is 0.210. The van der Waals surface area contributed by atoms with Crippen LogP contribution < -0.4 is 10.1 Å². The highest BCUT2D eigenvalue weighted by atomic mass is 19.4. The van der Waals surface area contributed by atoms with Crippen molar-refractivity contribution in [3.8, 4) is 5.75 Å². The molecule has 1 amide bonds. The van der Waals surface area contributed by atoms with Crippen molar-refractivity contribution in [3.63, 3.8) is 0 Å². The van der Waals surface area contributed by atoms with Gasteiger partial charge in [-0.05, 0) is 49.4 Å². The largest absolute Gasteiger partial charge is 0.481 e. The third-order valence-corrected chi connectivity index (χ3v) is 3.42. The van der Waals surface area contributed by atoms with Gasteiger partial charge in [-0.15, -0.1) is 0 Å². The summed E-state index contributed by atoms with van der Waals surface area (Å²) >= 11 is 0. The van der Waals surface area contributed by atoms with E-state index in [0.717, 1.165) is 24.3 Å². The minimum Gasteiger partial charge on any atom is -0.481 e. The fourth-order valence-corrected chi connectivity index (χ4v) is 2.06. The zero-order chi connectivity index (χ0) is 19.3. The van der Waals surface area contributed by atoms with Crippen molar-refractivity contribution < 1.29 is 32.2 Å². The molecule has 1 N–H and O–H groups in total. The molecule has 0 unspecified atom stereocenters. The zero-order valence-corrected chi connectivity index (χ0v) is 14.0. The molecule has 1 atom stereocenters. The normalized spacial score (nSPS) is 12.2. The number of methoxy groups -OCH3 is 1. The quantitative estimate of drug-likeness (QED) is 0.814. The van der Waals surface area contributed by atoms with Crippen LogP contribution in [-0.2, 0) is 15.7 Å². The van der Waals surface area contributed by atoms with Crippen LogP contribution in [0.25, 0.3) is 0 Å². The number of amides is 1. The molecule has 8 heteroatoms. The molecule has 0 aliphatic carbocycles. The summed E-state index contributed by atoms with van der Waals surface area (Å²) < 4.78 is 47.6. The van der Waals surface area contributed by atoms with Crippen LogP contribution in [0.3, 0.4) is 0 Å². The van der Waals surface area contributed by atoms with Crippen molar-refractivity contribution in [1.82, 2.24) is 0 Å². The molecule has 0 fully saturated rings. The lowest BCUT2D eigenvalue weighted by atomic mass is 10.2. The first-order valence-corrected chi connectivity index (χ1v) is 7.54. The second-order valence-electron chi connectivity index (χ2n) is 5.34. The molecule has 0 saturated heterocycles. The molecule has 0 aliphatic heterocycles. The summed E-state index contributed by atoms with van der Waals surface area (Å²) in [6, 6.07) is 10.2. The van der Waals surface area contributed by atoms with Crippen LogP contribution in [-0.4, -0.2) is 25.1 Å². The topological polar surface area (TPSA) is 64.6 Å². The molecule has 5 nitrogen and oxygen atoms in total. The zero-order valence-electron chi connectivity index (χ0n) is 14.0. The number of esters is 1. The van der Waals surface area contributed by atoms with Gasteiger partial charge in [-0.2, -0.15) is 13.2 Å². The molecule has 26 heavy (non-hydrogen) atoms. The second-order valence-corrected chi connectivity index (χ2v) is 5.34. The number of anilines is 1. The summed E-state index contributed by atoms with van der Waals surface area (Å²) in [4.78, 5) is 23.6. The van der Waals surface area contributed by atoms with Gasteiger partial charge in [-0.3, -0.25) is 4.79 Å². The summed E-state index contributed by atoms with van der Waals surface area (Å²) in [5, 5.41) is 2.47. The standard InChI is InChI=1S/C18H16F3NO4/c1-11(26-15-5-3-4-12(10-15)17(24)25-2)16(23)22-14-8-6-13(7-9-14)18(19,20)21/h3-11H,1-2H3,(H,22,23)/t11-/m0/s1. The van der Waals surface area contributed by atoms with Crippen molar-refractivity contribution in [2.24, 2.45) is 0 Å². The molecular formula is C18H16F3NO4. The number of ether oxygens (including phenoxy) is 2. The van der Waals surface area contributed by atoms with Crippen molar-refractivity contribution in [1.29, 1.82) is 0 Å². The molecule has 138 valence electrons.